The van der Waals surface area contributed by atoms with Gasteiger partial charge in [0.2, 0.25) is 0 Å². The number of carbonyl (C=O) groups excluding carboxylic acids is 3. The first-order valence-electron chi connectivity index (χ1n) is 11.5. The summed E-state index contributed by atoms with van der Waals surface area (Å²) < 4.78 is 12.6. The van der Waals surface area contributed by atoms with Crippen molar-refractivity contribution in [1.29, 1.82) is 0 Å². The van der Waals surface area contributed by atoms with Crippen molar-refractivity contribution in [2.75, 3.05) is 11.5 Å². The molecule has 1 aliphatic heterocycles. The third-order valence-corrected chi connectivity index (χ3v) is 6.85. The smallest absolute Gasteiger partial charge is 0.335 e. The van der Waals surface area contributed by atoms with Gasteiger partial charge >= 0.3 is 6.03 Å². The zero-order chi connectivity index (χ0) is 26.7. The summed E-state index contributed by atoms with van der Waals surface area (Å²) in [6.45, 7) is 6.13. The van der Waals surface area contributed by atoms with Gasteiger partial charge in [-0.05, 0) is 90.4 Å². The lowest BCUT2D eigenvalue weighted by molar-refractivity contribution is -0.122. The third kappa shape index (κ3) is 5.80. The Kier molecular flexibility index (Phi) is 8.19. The van der Waals surface area contributed by atoms with E-state index in [0.29, 0.717) is 37.9 Å². The molecule has 4 rings (SSSR count). The monoisotopic (exact) mass is 630 g/mol. The zero-order valence-corrected chi connectivity index (χ0v) is 23.3. The van der Waals surface area contributed by atoms with E-state index < -0.39 is 17.8 Å². The van der Waals surface area contributed by atoms with E-state index in [-0.39, 0.29) is 12.2 Å². The average Bonchev–Trinajstić information content (AvgIpc) is 2.84. The molecule has 37 heavy (non-hydrogen) atoms. The second-order valence-electron chi connectivity index (χ2n) is 8.39. The summed E-state index contributed by atoms with van der Waals surface area (Å²) in [5.41, 5.74) is 3.25. The van der Waals surface area contributed by atoms with Crippen molar-refractivity contribution in [3.8, 4) is 11.5 Å². The number of benzene rings is 3. The molecule has 9 heteroatoms. The Morgan fingerprint density at radius 3 is 2.51 bits per heavy atom. The first-order valence-corrected chi connectivity index (χ1v) is 13.0. The lowest BCUT2D eigenvalue weighted by Gasteiger charge is -2.28. The summed E-state index contributed by atoms with van der Waals surface area (Å²) in [5, 5.41) is 2.87. The van der Waals surface area contributed by atoms with Gasteiger partial charge in [-0.2, -0.15) is 0 Å². The second kappa shape index (κ2) is 11.4. The number of urea groups is 1. The molecule has 3 aromatic carbocycles. The van der Waals surface area contributed by atoms with E-state index >= 15 is 0 Å². The fraction of sp³-hybridized carbons (Fsp3) is 0.179. The van der Waals surface area contributed by atoms with Crippen molar-refractivity contribution >= 4 is 63.8 Å². The Bertz CT molecular complexity index is 1440. The number of carbonyl (C=O) groups is 3. The number of ether oxygens (including phenoxy) is 2. The van der Waals surface area contributed by atoms with Gasteiger partial charge in [0.25, 0.3) is 11.8 Å². The molecule has 3 aromatic rings. The number of hydrogen-bond acceptors (Lipinski definition) is 5. The molecule has 0 saturated carbocycles. The van der Waals surface area contributed by atoms with Gasteiger partial charge in [-0.1, -0.05) is 41.9 Å². The molecule has 0 radical (unpaired) electrons. The fourth-order valence-electron chi connectivity index (χ4n) is 3.84. The van der Waals surface area contributed by atoms with E-state index in [9.17, 15) is 14.4 Å². The maximum atomic E-state index is 13.4. The molecule has 0 aromatic heterocycles. The molecule has 1 heterocycles. The predicted molar refractivity (Wildman–Crippen MR) is 151 cm³/mol. The first kappa shape index (κ1) is 26.7. The van der Waals surface area contributed by atoms with Crippen LogP contribution in [0.4, 0.5) is 10.5 Å². The number of nitrogens with one attached hydrogen (secondary N) is 1. The van der Waals surface area contributed by atoms with E-state index in [0.717, 1.165) is 21.6 Å². The Labute approximate surface area is 233 Å². The highest BCUT2D eigenvalue weighted by Crippen LogP contribution is 2.36. The van der Waals surface area contributed by atoms with Crippen LogP contribution in [0.25, 0.3) is 6.08 Å². The molecule has 1 N–H and O–H groups in total. The lowest BCUT2D eigenvalue weighted by Crippen LogP contribution is -2.54. The standard InChI is InChI=1S/C28H24ClIN2O5/c1-4-36-24-14-18(13-22(30)25(24)37-15-19-7-5-6-8-21(19)29)12-20-26(33)31-28(35)32(27(20)34)23-11-16(2)9-10-17(23)3/h5-14H,4,15H2,1-3H3,(H,31,33,35)/b20-12+. The SMILES string of the molecule is CCOc1cc(/C=C2\C(=O)NC(=O)N(c3cc(C)ccc3C)C2=O)cc(I)c1OCc1ccccc1Cl. The molecule has 1 aliphatic rings. The number of imide groups is 2. The molecule has 0 unspecified atom stereocenters. The minimum absolute atomic E-state index is 0.163. The number of aryl methyl sites for hydroxylation is 2. The van der Waals surface area contributed by atoms with Crippen molar-refractivity contribution in [3.05, 3.63) is 91.0 Å². The van der Waals surface area contributed by atoms with Gasteiger partial charge in [-0.15, -0.1) is 0 Å². The summed E-state index contributed by atoms with van der Waals surface area (Å²) >= 11 is 8.37. The average molecular weight is 631 g/mol. The molecule has 1 saturated heterocycles. The molecule has 0 spiro atoms. The van der Waals surface area contributed by atoms with E-state index in [4.69, 9.17) is 21.1 Å². The van der Waals surface area contributed by atoms with Gasteiger partial charge in [0.1, 0.15) is 12.2 Å². The number of barbiturate groups is 1. The Morgan fingerprint density at radius 2 is 1.78 bits per heavy atom. The molecular weight excluding hydrogens is 607 g/mol. The van der Waals surface area contributed by atoms with E-state index in [1.54, 1.807) is 31.2 Å². The van der Waals surface area contributed by atoms with Gasteiger partial charge in [-0.25, -0.2) is 9.69 Å². The normalized spacial score (nSPS) is 14.7. The fourth-order valence-corrected chi connectivity index (χ4v) is 4.81. The van der Waals surface area contributed by atoms with Crippen molar-refractivity contribution in [1.82, 2.24) is 5.32 Å². The maximum Gasteiger partial charge on any atom is 0.335 e. The number of anilines is 1. The Hall–Kier alpha value is -3.37. The predicted octanol–water partition coefficient (Wildman–Crippen LogP) is 6.21. The minimum atomic E-state index is -0.784. The number of halogens is 2. The number of hydrogen-bond donors (Lipinski definition) is 1. The summed E-state index contributed by atoms with van der Waals surface area (Å²) in [7, 11) is 0. The van der Waals surface area contributed by atoms with Crippen molar-refractivity contribution < 1.29 is 23.9 Å². The van der Waals surface area contributed by atoms with Crippen LogP contribution in [-0.2, 0) is 16.2 Å². The highest BCUT2D eigenvalue weighted by molar-refractivity contribution is 14.1. The molecule has 190 valence electrons. The molecule has 4 amide bonds. The number of nitrogens with zero attached hydrogens (tertiary/aromatic N) is 1. The van der Waals surface area contributed by atoms with Gasteiger partial charge < -0.3 is 9.47 Å². The molecule has 7 nitrogen and oxygen atoms in total. The van der Waals surface area contributed by atoms with Crippen LogP contribution in [0.1, 0.15) is 29.2 Å². The van der Waals surface area contributed by atoms with E-state index in [1.165, 1.54) is 6.08 Å². The van der Waals surface area contributed by atoms with Gasteiger partial charge in [-0.3, -0.25) is 14.9 Å². The minimum Gasteiger partial charge on any atom is -0.490 e. The highest BCUT2D eigenvalue weighted by Gasteiger charge is 2.37. The van der Waals surface area contributed by atoms with Gasteiger partial charge in [0.15, 0.2) is 11.5 Å². The van der Waals surface area contributed by atoms with Crippen LogP contribution in [0.3, 0.4) is 0 Å². The van der Waals surface area contributed by atoms with Crippen LogP contribution in [0.5, 0.6) is 11.5 Å². The summed E-state index contributed by atoms with van der Waals surface area (Å²) in [4.78, 5) is 39.7. The first-order chi connectivity index (χ1) is 17.7. The number of amides is 4. The highest BCUT2D eigenvalue weighted by atomic mass is 127. The van der Waals surface area contributed by atoms with Gasteiger partial charge in [0, 0.05) is 10.6 Å². The summed E-state index contributed by atoms with van der Waals surface area (Å²) in [5.74, 6) is -0.478. The van der Waals surface area contributed by atoms with Crippen LogP contribution in [0.15, 0.2) is 60.2 Å². The van der Waals surface area contributed by atoms with Crippen LogP contribution in [0.2, 0.25) is 5.02 Å². The summed E-state index contributed by atoms with van der Waals surface area (Å²) in [6.07, 6.45) is 1.45. The largest absolute Gasteiger partial charge is 0.490 e. The quantitative estimate of drug-likeness (QED) is 0.191. The van der Waals surface area contributed by atoms with Crippen LogP contribution >= 0.6 is 34.2 Å². The molecule has 0 bridgehead atoms. The topological polar surface area (TPSA) is 84.9 Å². The van der Waals surface area contributed by atoms with Gasteiger partial charge in [0.05, 0.1) is 15.9 Å². The van der Waals surface area contributed by atoms with E-state index in [1.807, 2.05) is 44.2 Å². The Morgan fingerprint density at radius 1 is 1.03 bits per heavy atom. The molecule has 1 fully saturated rings. The van der Waals surface area contributed by atoms with E-state index in [2.05, 4.69) is 27.9 Å². The zero-order valence-electron chi connectivity index (χ0n) is 20.4. The third-order valence-electron chi connectivity index (χ3n) is 5.68. The molecular formula is C28H24ClIN2O5. The molecule has 0 aliphatic carbocycles. The maximum absolute atomic E-state index is 13.4. The number of rotatable bonds is 7. The van der Waals surface area contributed by atoms with Crippen LogP contribution < -0.4 is 19.7 Å². The second-order valence-corrected chi connectivity index (χ2v) is 9.96. The van der Waals surface area contributed by atoms with Crippen molar-refractivity contribution in [3.63, 3.8) is 0 Å². The summed E-state index contributed by atoms with van der Waals surface area (Å²) in [6, 6.07) is 15.5. The molecule has 0 atom stereocenters. The Balaban J connectivity index is 1.69. The van der Waals surface area contributed by atoms with Crippen molar-refractivity contribution in [2.24, 2.45) is 0 Å². The van der Waals surface area contributed by atoms with Crippen LogP contribution in [0, 0.1) is 17.4 Å². The lowest BCUT2D eigenvalue weighted by atomic mass is 10.0. The van der Waals surface area contributed by atoms with Crippen LogP contribution in [-0.4, -0.2) is 24.5 Å². The van der Waals surface area contributed by atoms with Crippen molar-refractivity contribution in [2.45, 2.75) is 27.4 Å².